The van der Waals surface area contributed by atoms with Crippen molar-refractivity contribution in [1.29, 1.82) is 0 Å². The normalized spacial score (nSPS) is 16.2. The lowest BCUT2D eigenvalue weighted by atomic mass is 10.0. The maximum Gasteiger partial charge on any atom is 0.341 e. The fourth-order valence-corrected chi connectivity index (χ4v) is 4.61. The molecule has 1 aromatic heterocycles. The van der Waals surface area contributed by atoms with E-state index >= 15 is 0 Å². The molecule has 1 aromatic carbocycles. The van der Waals surface area contributed by atoms with Crippen LogP contribution >= 0.6 is 11.3 Å². The van der Waals surface area contributed by atoms with E-state index in [0.717, 1.165) is 6.42 Å². The molecule has 2 aromatic rings. The molecule has 0 bridgehead atoms. The van der Waals surface area contributed by atoms with E-state index in [9.17, 15) is 18.8 Å². The lowest BCUT2D eigenvalue weighted by Gasteiger charge is -2.25. The third-order valence-corrected chi connectivity index (χ3v) is 6.01. The second-order valence-electron chi connectivity index (χ2n) is 7.49. The van der Waals surface area contributed by atoms with Crippen molar-refractivity contribution in [2.75, 3.05) is 39.1 Å². The van der Waals surface area contributed by atoms with Crippen LogP contribution in [0.25, 0.3) is 11.1 Å². The van der Waals surface area contributed by atoms with Gasteiger partial charge in [0.05, 0.1) is 19.2 Å². The van der Waals surface area contributed by atoms with Crippen molar-refractivity contribution in [2.45, 2.75) is 25.8 Å². The molecule has 3 rings (SSSR count). The minimum absolute atomic E-state index is 0.0211. The third kappa shape index (κ3) is 5.29. The number of nitrogens with zero attached hydrogens (tertiary/aromatic N) is 2. The molecule has 0 saturated carbocycles. The van der Waals surface area contributed by atoms with Crippen LogP contribution in [0.5, 0.6) is 0 Å². The lowest BCUT2D eigenvalue weighted by molar-refractivity contribution is -0.133. The minimum atomic E-state index is -0.555. The molecule has 1 aliphatic rings. The molecule has 1 atom stereocenters. The highest BCUT2D eigenvalue weighted by molar-refractivity contribution is 7.15. The molecule has 166 valence electrons. The molecular formula is C22H26FN3O4S. The van der Waals surface area contributed by atoms with E-state index in [-0.39, 0.29) is 42.4 Å². The van der Waals surface area contributed by atoms with Gasteiger partial charge in [-0.15, -0.1) is 11.3 Å². The van der Waals surface area contributed by atoms with Crippen molar-refractivity contribution >= 4 is 34.1 Å². The van der Waals surface area contributed by atoms with Crippen molar-refractivity contribution < 1.29 is 23.5 Å². The molecule has 9 heteroatoms. The average Bonchev–Trinajstić information content (AvgIpc) is 3.35. The van der Waals surface area contributed by atoms with E-state index in [0.29, 0.717) is 29.1 Å². The molecule has 2 amide bonds. The van der Waals surface area contributed by atoms with Gasteiger partial charge in [0.2, 0.25) is 11.8 Å². The molecule has 0 aliphatic carbocycles. The summed E-state index contributed by atoms with van der Waals surface area (Å²) < 4.78 is 18.5. The molecule has 1 N–H and O–H groups in total. The van der Waals surface area contributed by atoms with Gasteiger partial charge in [0.15, 0.2) is 0 Å². The van der Waals surface area contributed by atoms with Crippen LogP contribution < -0.4 is 5.32 Å². The summed E-state index contributed by atoms with van der Waals surface area (Å²) in [7, 11) is 3.40. The van der Waals surface area contributed by atoms with E-state index in [2.05, 4.69) is 5.32 Å². The first-order valence-corrected chi connectivity index (χ1v) is 11.0. The molecule has 0 spiro atoms. The number of nitrogens with one attached hydrogen (secondary N) is 1. The van der Waals surface area contributed by atoms with Gasteiger partial charge < -0.3 is 15.0 Å². The van der Waals surface area contributed by atoms with Gasteiger partial charge >= 0.3 is 5.97 Å². The molecule has 31 heavy (non-hydrogen) atoms. The number of esters is 1. The standard InChI is InChI=1S/C22H26FN3O4S/c1-4-30-22(29)19-16(14-7-9-15(23)10-8-14)13-31-20(19)24-18(27)12-26-11-5-6-17(26)21(28)25(2)3/h7-10,13,17H,4-6,11-12H2,1-3H3,(H,24,27). The van der Waals surface area contributed by atoms with E-state index in [4.69, 9.17) is 4.74 Å². The number of anilines is 1. The summed E-state index contributed by atoms with van der Waals surface area (Å²) >= 11 is 1.21. The Bertz CT molecular complexity index is 958. The molecule has 2 heterocycles. The fraction of sp³-hybridized carbons (Fsp3) is 0.409. The second kappa shape index (κ2) is 10.0. The SMILES string of the molecule is CCOC(=O)c1c(-c2ccc(F)cc2)csc1NC(=O)CN1CCCC1C(=O)N(C)C. The highest BCUT2D eigenvalue weighted by Gasteiger charge is 2.33. The number of ether oxygens (including phenoxy) is 1. The summed E-state index contributed by atoms with van der Waals surface area (Å²) in [5.41, 5.74) is 1.46. The Labute approximate surface area is 184 Å². The van der Waals surface area contributed by atoms with Crippen LogP contribution in [0.3, 0.4) is 0 Å². The van der Waals surface area contributed by atoms with Crippen LogP contribution in [0, 0.1) is 5.82 Å². The van der Waals surface area contributed by atoms with Gasteiger partial charge in [-0.3, -0.25) is 14.5 Å². The van der Waals surface area contributed by atoms with Gasteiger partial charge in [0.25, 0.3) is 0 Å². The van der Waals surface area contributed by atoms with Crippen LogP contribution in [-0.2, 0) is 14.3 Å². The Kier molecular flexibility index (Phi) is 7.40. The summed E-state index contributed by atoms with van der Waals surface area (Å²) in [5, 5.41) is 4.92. The zero-order valence-electron chi connectivity index (χ0n) is 17.8. The number of amides is 2. The maximum atomic E-state index is 13.3. The Hall–Kier alpha value is -2.78. The predicted octanol–water partition coefficient (Wildman–Crippen LogP) is 3.22. The number of hydrogen-bond donors (Lipinski definition) is 1. The summed E-state index contributed by atoms with van der Waals surface area (Å²) in [4.78, 5) is 41.1. The predicted molar refractivity (Wildman–Crippen MR) is 118 cm³/mol. The number of likely N-dealkylation sites (tertiary alicyclic amines) is 1. The molecule has 1 unspecified atom stereocenters. The van der Waals surface area contributed by atoms with Crippen LogP contribution in [0.1, 0.15) is 30.1 Å². The average molecular weight is 448 g/mol. The summed E-state index contributed by atoms with van der Waals surface area (Å²) in [6.07, 6.45) is 1.56. The van der Waals surface area contributed by atoms with Gasteiger partial charge in [0.1, 0.15) is 16.4 Å². The molecule has 1 fully saturated rings. The molecule has 1 saturated heterocycles. The Morgan fingerprint density at radius 3 is 2.61 bits per heavy atom. The van der Waals surface area contributed by atoms with E-state index in [1.165, 1.54) is 28.4 Å². The number of hydrogen-bond acceptors (Lipinski definition) is 6. The van der Waals surface area contributed by atoms with Gasteiger partial charge in [-0.25, -0.2) is 9.18 Å². The van der Waals surface area contributed by atoms with Gasteiger partial charge in [-0.05, 0) is 44.0 Å². The van der Waals surface area contributed by atoms with Gasteiger partial charge in [0, 0.05) is 25.0 Å². The molecule has 0 radical (unpaired) electrons. The summed E-state index contributed by atoms with van der Waals surface area (Å²) in [6.45, 7) is 2.60. The molecule has 1 aliphatic heterocycles. The number of thiophene rings is 1. The van der Waals surface area contributed by atoms with E-state index in [1.54, 1.807) is 38.5 Å². The third-order valence-electron chi connectivity index (χ3n) is 5.11. The summed E-state index contributed by atoms with van der Waals surface area (Å²) in [6, 6.07) is 5.47. The van der Waals surface area contributed by atoms with E-state index in [1.807, 2.05) is 4.90 Å². The van der Waals surface area contributed by atoms with Crippen LogP contribution in [0.2, 0.25) is 0 Å². The highest BCUT2D eigenvalue weighted by atomic mass is 32.1. The van der Waals surface area contributed by atoms with Gasteiger partial charge in [-0.2, -0.15) is 0 Å². The maximum absolute atomic E-state index is 13.3. The van der Waals surface area contributed by atoms with Crippen molar-refractivity contribution in [3.8, 4) is 11.1 Å². The van der Waals surface area contributed by atoms with E-state index < -0.39 is 5.97 Å². The first-order valence-electron chi connectivity index (χ1n) is 10.1. The highest BCUT2D eigenvalue weighted by Crippen LogP contribution is 2.36. The van der Waals surface area contributed by atoms with Crippen molar-refractivity contribution in [3.63, 3.8) is 0 Å². The number of carbonyl (C=O) groups is 3. The zero-order valence-corrected chi connectivity index (χ0v) is 18.6. The van der Waals surface area contributed by atoms with Crippen LogP contribution in [-0.4, -0.2) is 67.4 Å². The van der Waals surface area contributed by atoms with Crippen LogP contribution in [0.15, 0.2) is 29.6 Å². The largest absolute Gasteiger partial charge is 0.462 e. The number of likely N-dealkylation sites (N-methyl/N-ethyl adjacent to an activating group) is 1. The second-order valence-corrected chi connectivity index (χ2v) is 8.37. The summed E-state index contributed by atoms with van der Waals surface area (Å²) in [5.74, 6) is -1.26. The Morgan fingerprint density at radius 2 is 1.97 bits per heavy atom. The zero-order chi connectivity index (χ0) is 22.5. The van der Waals surface area contributed by atoms with Crippen molar-refractivity contribution in [3.05, 3.63) is 41.0 Å². The number of benzene rings is 1. The minimum Gasteiger partial charge on any atom is -0.462 e. The first kappa shape index (κ1) is 22.9. The quantitative estimate of drug-likeness (QED) is 0.660. The Morgan fingerprint density at radius 1 is 1.26 bits per heavy atom. The number of carbonyl (C=O) groups excluding carboxylic acids is 3. The smallest absolute Gasteiger partial charge is 0.341 e. The van der Waals surface area contributed by atoms with Crippen molar-refractivity contribution in [2.24, 2.45) is 0 Å². The van der Waals surface area contributed by atoms with Crippen molar-refractivity contribution in [1.82, 2.24) is 9.80 Å². The molecule has 7 nitrogen and oxygen atoms in total. The lowest BCUT2D eigenvalue weighted by Crippen LogP contribution is -2.45. The fourth-order valence-electron chi connectivity index (χ4n) is 3.64. The van der Waals surface area contributed by atoms with Gasteiger partial charge in [-0.1, -0.05) is 12.1 Å². The number of rotatable bonds is 7. The number of halogens is 1. The monoisotopic (exact) mass is 447 g/mol. The topological polar surface area (TPSA) is 79.0 Å². The molecular weight excluding hydrogens is 421 g/mol. The van der Waals surface area contributed by atoms with Crippen LogP contribution in [0.4, 0.5) is 9.39 Å². The Balaban J connectivity index is 1.80. The first-order chi connectivity index (χ1) is 14.8.